The highest BCUT2D eigenvalue weighted by Crippen LogP contribution is 2.30. The lowest BCUT2D eigenvalue weighted by molar-refractivity contribution is -0.131. The summed E-state index contributed by atoms with van der Waals surface area (Å²) in [5, 5.41) is 0.570. The van der Waals surface area contributed by atoms with Gasteiger partial charge in [0.2, 0.25) is 15.9 Å². The van der Waals surface area contributed by atoms with Gasteiger partial charge in [0.05, 0.1) is 17.0 Å². The molecule has 0 radical (unpaired) electrons. The number of amides is 1. The number of anilines is 1. The Balaban J connectivity index is 1.64. The number of piperazine rings is 1. The first kappa shape index (κ1) is 21.9. The Morgan fingerprint density at radius 1 is 1.03 bits per heavy atom. The molecule has 0 aliphatic carbocycles. The first-order valence-electron chi connectivity index (χ1n) is 9.21. The fraction of sp³-hybridized carbons (Fsp3) is 0.350. The van der Waals surface area contributed by atoms with Crippen LogP contribution in [0.4, 0.5) is 5.69 Å². The number of carbonyl (C=O) groups excluding carboxylic acids is 1. The number of nitrogens with zero attached hydrogens (tertiary/aromatic N) is 3. The first-order valence-corrected chi connectivity index (χ1v) is 11.8. The van der Waals surface area contributed by atoms with Gasteiger partial charge in [-0.15, -0.1) is 0 Å². The zero-order valence-electron chi connectivity index (χ0n) is 16.1. The molecule has 9 heteroatoms. The third-order valence-electron chi connectivity index (χ3n) is 4.83. The molecule has 2 aromatic rings. The normalized spacial score (nSPS) is 15.3. The topological polar surface area (TPSA) is 60.9 Å². The van der Waals surface area contributed by atoms with Gasteiger partial charge in [-0.3, -0.25) is 14.0 Å². The summed E-state index contributed by atoms with van der Waals surface area (Å²) in [5.74, 6) is -0.258. The summed E-state index contributed by atoms with van der Waals surface area (Å²) >= 11 is 12.2. The van der Waals surface area contributed by atoms with Crippen molar-refractivity contribution in [2.24, 2.45) is 0 Å². The minimum atomic E-state index is -3.71. The molecule has 0 atom stereocenters. The van der Waals surface area contributed by atoms with Crippen molar-refractivity contribution in [1.29, 1.82) is 0 Å². The SMILES string of the molecule is CS(=O)(=O)N(CC(=O)N1CCN(Cc2ccccc2)CC1)c1cc(Cl)ccc1Cl. The molecule has 3 rings (SSSR count). The van der Waals surface area contributed by atoms with E-state index >= 15 is 0 Å². The van der Waals surface area contributed by atoms with E-state index in [2.05, 4.69) is 17.0 Å². The first-order chi connectivity index (χ1) is 13.7. The van der Waals surface area contributed by atoms with Gasteiger partial charge in [0.1, 0.15) is 6.54 Å². The number of carbonyl (C=O) groups is 1. The third-order valence-corrected chi connectivity index (χ3v) is 6.51. The van der Waals surface area contributed by atoms with Gasteiger partial charge in [0.15, 0.2) is 0 Å². The van der Waals surface area contributed by atoms with Crippen LogP contribution in [0.3, 0.4) is 0 Å². The molecule has 1 aliphatic rings. The van der Waals surface area contributed by atoms with Crippen LogP contribution in [0.25, 0.3) is 0 Å². The van der Waals surface area contributed by atoms with Crippen LogP contribution in [0.5, 0.6) is 0 Å². The van der Waals surface area contributed by atoms with Gasteiger partial charge < -0.3 is 4.90 Å². The molecule has 0 aromatic heterocycles. The molecule has 29 heavy (non-hydrogen) atoms. The lowest BCUT2D eigenvalue weighted by Crippen LogP contribution is -2.51. The maximum atomic E-state index is 12.8. The number of hydrogen-bond acceptors (Lipinski definition) is 4. The van der Waals surface area contributed by atoms with Crippen molar-refractivity contribution in [3.63, 3.8) is 0 Å². The Labute approximate surface area is 181 Å². The smallest absolute Gasteiger partial charge is 0.243 e. The Bertz CT molecular complexity index is 962. The summed E-state index contributed by atoms with van der Waals surface area (Å²) in [4.78, 5) is 16.8. The highest BCUT2D eigenvalue weighted by atomic mass is 35.5. The van der Waals surface area contributed by atoms with Gasteiger partial charge in [-0.25, -0.2) is 8.42 Å². The highest BCUT2D eigenvalue weighted by molar-refractivity contribution is 7.92. The van der Waals surface area contributed by atoms with Crippen molar-refractivity contribution in [3.05, 3.63) is 64.1 Å². The molecule has 156 valence electrons. The van der Waals surface area contributed by atoms with Crippen LogP contribution in [0.1, 0.15) is 5.56 Å². The zero-order valence-corrected chi connectivity index (χ0v) is 18.4. The summed E-state index contributed by atoms with van der Waals surface area (Å²) in [6, 6.07) is 14.7. The fourth-order valence-electron chi connectivity index (χ4n) is 3.28. The summed E-state index contributed by atoms with van der Waals surface area (Å²) in [5.41, 5.74) is 1.43. The van der Waals surface area contributed by atoms with E-state index in [1.807, 2.05) is 18.2 Å². The third kappa shape index (κ3) is 5.85. The zero-order chi connectivity index (χ0) is 21.0. The van der Waals surface area contributed by atoms with Gasteiger partial charge in [-0.1, -0.05) is 53.5 Å². The van der Waals surface area contributed by atoms with Gasteiger partial charge in [-0.05, 0) is 23.8 Å². The van der Waals surface area contributed by atoms with Crippen LogP contribution in [0.2, 0.25) is 10.0 Å². The van der Waals surface area contributed by atoms with Crippen LogP contribution in [-0.4, -0.2) is 63.1 Å². The van der Waals surface area contributed by atoms with Crippen molar-refractivity contribution in [2.45, 2.75) is 6.54 Å². The van der Waals surface area contributed by atoms with E-state index in [9.17, 15) is 13.2 Å². The summed E-state index contributed by atoms with van der Waals surface area (Å²) in [6.07, 6.45) is 1.05. The molecule has 6 nitrogen and oxygen atoms in total. The van der Waals surface area contributed by atoms with Gasteiger partial charge >= 0.3 is 0 Å². The average molecular weight is 456 g/mol. The molecule has 0 saturated carbocycles. The van der Waals surface area contributed by atoms with Crippen LogP contribution >= 0.6 is 23.2 Å². The van der Waals surface area contributed by atoms with E-state index in [4.69, 9.17) is 23.2 Å². The second kappa shape index (κ2) is 9.34. The molecule has 1 fully saturated rings. The van der Waals surface area contributed by atoms with Crippen LogP contribution < -0.4 is 4.31 Å². The molecule has 2 aromatic carbocycles. The van der Waals surface area contributed by atoms with E-state index in [1.165, 1.54) is 17.7 Å². The summed E-state index contributed by atoms with van der Waals surface area (Å²) in [6.45, 7) is 3.09. The van der Waals surface area contributed by atoms with E-state index in [0.29, 0.717) is 18.1 Å². The Kier molecular flexibility index (Phi) is 7.05. The van der Waals surface area contributed by atoms with Crippen molar-refractivity contribution in [3.8, 4) is 0 Å². The van der Waals surface area contributed by atoms with Crippen molar-refractivity contribution >= 4 is 44.8 Å². The minimum absolute atomic E-state index is 0.206. The largest absolute Gasteiger partial charge is 0.339 e. The summed E-state index contributed by atoms with van der Waals surface area (Å²) in [7, 11) is -3.71. The maximum Gasteiger partial charge on any atom is 0.243 e. The van der Waals surface area contributed by atoms with E-state index in [0.717, 1.165) is 30.2 Å². The lowest BCUT2D eigenvalue weighted by atomic mass is 10.2. The molecule has 1 amide bonds. The van der Waals surface area contributed by atoms with Gasteiger partial charge in [0.25, 0.3) is 0 Å². The molecular weight excluding hydrogens is 433 g/mol. The predicted molar refractivity (Wildman–Crippen MR) is 117 cm³/mol. The molecule has 1 aliphatic heterocycles. The number of rotatable bonds is 6. The van der Waals surface area contributed by atoms with Crippen LogP contribution in [0.15, 0.2) is 48.5 Å². The molecule has 1 saturated heterocycles. The second-order valence-corrected chi connectivity index (χ2v) is 9.76. The molecule has 0 spiro atoms. The number of sulfonamides is 1. The van der Waals surface area contributed by atoms with Crippen molar-refractivity contribution < 1.29 is 13.2 Å². The fourth-order valence-corrected chi connectivity index (χ4v) is 4.57. The van der Waals surface area contributed by atoms with Crippen LogP contribution in [-0.2, 0) is 21.4 Å². The van der Waals surface area contributed by atoms with Gasteiger partial charge in [-0.2, -0.15) is 0 Å². The number of halogens is 2. The molecule has 0 unspecified atom stereocenters. The second-order valence-electron chi connectivity index (χ2n) is 7.01. The summed E-state index contributed by atoms with van der Waals surface area (Å²) < 4.78 is 25.6. The molecule has 0 N–H and O–H groups in total. The number of hydrogen-bond donors (Lipinski definition) is 0. The monoisotopic (exact) mass is 455 g/mol. The number of benzene rings is 2. The Morgan fingerprint density at radius 2 is 1.69 bits per heavy atom. The molecule has 0 bridgehead atoms. The van der Waals surface area contributed by atoms with Crippen LogP contribution in [0, 0.1) is 0 Å². The van der Waals surface area contributed by atoms with E-state index in [-0.39, 0.29) is 23.2 Å². The quantitative estimate of drug-likeness (QED) is 0.671. The van der Waals surface area contributed by atoms with Gasteiger partial charge in [0, 0.05) is 37.7 Å². The standard InChI is InChI=1S/C20H23Cl2N3O3S/c1-29(27,28)25(19-13-17(21)7-8-18(19)22)15-20(26)24-11-9-23(10-12-24)14-16-5-3-2-4-6-16/h2-8,13H,9-12,14-15H2,1H3. The predicted octanol–water partition coefficient (Wildman–Crippen LogP) is 3.10. The van der Waals surface area contributed by atoms with E-state index in [1.54, 1.807) is 11.0 Å². The minimum Gasteiger partial charge on any atom is -0.339 e. The highest BCUT2D eigenvalue weighted by Gasteiger charge is 2.27. The Hall–Kier alpha value is -1.80. The van der Waals surface area contributed by atoms with Crippen molar-refractivity contribution in [1.82, 2.24) is 9.80 Å². The average Bonchev–Trinajstić information content (AvgIpc) is 2.68. The lowest BCUT2D eigenvalue weighted by Gasteiger charge is -2.36. The molecular formula is C20H23Cl2N3O3S. The molecule has 1 heterocycles. The van der Waals surface area contributed by atoms with E-state index < -0.39 is 10.0 Å². The van der Waals surface area contributed by atoms with Crippen molar-refractivity contribution in [2.75, 3.05) is 43.3 Å². The Morgan fingerprint density at radius 3 is 2.31 bits per heavy atom. The maximum absolute atomic E-state index is 12.8.